The van der Waals surface area contributed by atoms with E-state index in [9.17, 15) is 14.9 Å². The third-order valence-corrected chi connectivity index (χ3v) is 3.34. The first-order valence-corrected chi connectivity index (χ1v) is 7.25. The maximum absolute atomic E-state index is 12.2. The Bertz CT molecular complexity index is 706. The number of nitro groups is 1. The Kier molecular flexibility index (Phi) is 4.95. The maximum Gasteiger partial charge on any atom is 0.269 e. The van der Waals surface area contributed by atoms with E-state index >= 15 is 0 Å². The molecule has 2 aromatic carbocycles. The second kappa shape index (κ2) is 6.91. The van der Waals surface area contributed by atoms with Gasteiger partial charge in [-0.2, -0.15) is 0 Å². The molecule has 2 N–H and O–H groups in total. The molecule has 0 aliphatic carbocycles. The van der Waals surface area contributed by atoms with E-state index in [4.69, 9.17) is 0 Å². The largest absolute Gasteiger partial charge is 0.374 e. The van der Waals surface area contributed by atoms with Crippen molar-refractivity contribution < 1.29 is 9.72 Å². The minimum absolute atomic E-state index is 0.00981. The lowest BCUT2D eigenvalue weighted by molar-refractivity contribution is -0.384. The third-order valence-electron chi connectivity index (χ3n) is 3.34. The summed E-state index contributed by atoms with van der Waals surface area (Å²) in [5.41, 5.74) is 3.64. The quantitative estimate of drug-likeness (QED) is 0.652. The monoisotopic (exact) mass is 313 g/mol. The Morgan fingerprint density at radius 1 is 1.04 bits per heavy atom. The molecule has 6 nitrogen and oxygen atoms in total. The van der Waals surface area contributed by atoms with Crippen molar-refractivity contribution in [1.82, 2.24) is 0 Å². The van der Waals surface area contributed by atoms with Crippen molar-refractivity contribution in [2.75, 3.05) is 10.6 Å². The number of nitrogens with one attached hydrogen (secondary N) is 2. The summed E-state index contributed by atoms with van der Waals surface area (Å²) in [6.45, 7) is 5.76. The summed E-state index contributed by atoms with van der Waals surface area (Å²) < 4.78 is 0. The first kappa shape index (κ1) is 16.5. The predicted octanol–water partition coefficient (Wildman–Crippen LogP) is 3.65. The number of rotatable bonds is 5. The van der Waals surface area contributed by atoms with Crippen LogP contribution in [0.4, 0.5) is 17.1 Å². The number of nitro benzene ring substituents is 1. The zero-order chi connectivity index (χ0) is 17.0. The molecule has 0 spiro atoms. The van der Waals surface area contributed by atoms with E-state index in [2.05, 4.69) is 16.7 Å². The molecule has 0 heterocycles. The summed E-state index contributed by atoms with van der Waals surface area (Å²) in [4.78, 5) is 22.3. The van der Waals surface area contributed by atoms with Gasteiger partial charge < -0.3 is 10.6 Å². The van der Waals surface area contributed by atoms with Crippen LogP contribution in [0.3, 0.4) is 0 Å². The average Bonchev–Trinajstić information content (AvgIpc) is 2.46. The van der Waals surface area contributed by atoms with Gasteiger partial charge in [0, 0.05) is 23.5 Å². The summed E-state index contributed by atoms with van der Waals surface area (Å²) in [6, 6.07) is 11.3. The molecule has 0 aliphatic heterocycles. The smallest absolute Gasteiger partial charge is 0.269 e. The van der Waals surface area contributed by atoms with Gasteiger partial charge in [-0.15, -0.1) is 0 Å². The molecule has 0 bridgehead atoms. The molecule has 1 amide bonds. The second-order valence-electron chi connectivity index (χ2n) is 5.54. The molecule has 120 valence electrons. The Hall–Kier alpha value is -2.89. The molecular formula is C17H19N3O3. The van der Waals surface area contributed by atoms with Gasteiger partial charge in [-0.25, -0.2) is 0 Å². The van der Waals surface area contributed by atoms with E-state index in [0.717, 1.165) is 16.8 Å². The fourth-order valence-electron chi connectivity index (χ4n) is 2.29. The van der Waals surface area contributed by atoms with Crippen molar-refractivity contribution in [1.29, 1.82) is 0 Å². The SMILES string of the molecule is Cc1cc(C)cc(NC(C)C(=O)Nc2ccc([N+](=O)[O-])cc2)c1. The van der Waals surface area contributed by atoms with Crippen molar-refractivity contribution >= 4 is 23.0 Å². The Labute approximate surface area is 134 Å². The van der Waals surface area contributed by atoms with Gasteiger partial charge in [-0.3, -0.25) is 14.9 Å². The van der Waals surface area contributed by atoms with Gasteiger partial charge in [0.25, 0.3) is 5.69 Å². The summed E-state index contributed by atoms with van der Waals surface area (Å²) in [7, 11) is 0. The van der Waals surface area contributed by atoms with E-state index in [0.29, 0.717) is 5.69 Å². The summed E-state index contributed by atoms with van der Waals surface area (Å²) in [5.74, 6) is -0.210. The van der Waals surface area contributed by atoms with Crippen LogP contribution in [-0.2, 0) is 4.79 Å². The molecule has 6 heteroatoms. The number of carbonyl (C=O) groups excluding carboxylic acids is 1. The minimum atomic E-state index is -0.476. The van der Waals surface area contributed by atoms with Crippen LogP contribution < -0.4 is 10.6 Å². The number of benzene rings is 2. The van der Waals surface area contributed by atoms with Gasteiger partial charge in [0.05, 0.1) is 4.92 Å². The first-order chi connectivity index (χ1) is 10.8. The molecule has 1 unspecified atom stereocenters. The van der Waals surface area contributed by atoms with Gasteiger partial charge in [-0.05, 0) is 56.2 Å². The molecule has 0 radical (unpaired) electrons. The number of aryl methyl sites for hydroxylation is 2. The summed E-state index contributed by atoms with van der Waals surface area (Å²) in [5, 5.41) is 16.5. The highest BCUT2D eigenvalue weighted by Crippen LogP contribution is 2.17. The second-order valence-corrected chi connectivity index (χ2v) is 5.54. The molecule has 2 aromatic rings. The standard InChI is InChI=1S/C17H19N3O3/c1-11-8-12(2)10-15(9-11)18-13(3)17(21)19-14-4-6-16(7-5-14)20(22)23/h4-10,13,18H,1-3H3,(H,19,21). The van der Waals surface area contributed by atoms with Gasteiger partial charge >= 0.3 is 0 Å². The van der Waals surface area contributed by atoms with Gasteiger partial charge in [0.1, 0.15) is 6.04 Å². The molecule has 0 fully saturated rings. The fraction of sp³-hybridized carbons (Fsp3) is 0.235. The summed E-state index contributed by atoms with van der Waals surface area (Å²) >= 11 is 0. The van der Waals surface area contributed by atoms with Crippen LogP contribution in [0.1, 0.15) is 18.1 Å². The van der Waals surface area contributed by atoms with Gasteiger partial charge in [0.15, 0.2) is 0 Å². The number of nitrogens with zero attached hydrogens (tertiary/aromatic N) is 1. The molecule has 0 aliphatic rings. The van der Waals surface area contributed by atoms with E-state index in [1.165, 1.54) is 24.3 Å². The maximum atomic E-state index is 12.2. The average molecular weight is 313 g/mol. The molecule has 0 aromatic heterocycles. The predicted molar refractivity (Wildman–Crippen MR) is 90.7 cm³/mol. The lowest BCUT2D eigenvalue weighted by Gasteiger charge is -2.16. The molecular weight excluding hydrogens is 294 g/mol. The lowest BCUT2D eigenvalue weighted by Crippen LogP contribution is -2.31. The third kappa shape index (κ3) is 4.54. The highest BCUT2D eigenvalue weighted by molar-refractivity contribution is 5.96. The number of non-ortho nitro benzene ring substituents is 1. The van der Waals surface area contributed by atoms with Crippen LogP contribution in [-0.4, -0.2) is 16.9 Å². The Morgan fingerprint density at radius 2 is 1.61 bits per heavy atom. The number of amides is 1. The molecule has 1 atom stereocenters. The van der Waals surface area contributed by atoms with Crippen LogP contribution in [0.2, 0.25) is 0 Å². The van der Waals surface area contributed by atoms with Crippen molar-refractivity contribution in [3.63, 3.8) is 0 Å². The van der Waals surface area contributed by atoms with E-state index in [1.807, 2.05) is 26.0 Å². The van der Waals surface area contributed by atoms with Crippen LogP contribution >= 0.6 is 0 Å². The van der Waals surface area contributed by atoms with Crippen LogP contribution in [0.25, 0.3) is 0 Å². The summed E-state index contributed by atoms with van der Waals surface area (Å²) in [6.07, 6.45) is 0. The number of anilines is 2. The van der Waals surface area contributed by atoms with Crippen LogP contribution in [0, 0.1) is 24.0 Å². The molecule has 0 saturated heterocycles. The highest BCUT2D eigenvalue weighted by atomic mass is 16.6. The normalized spacial score (nSPS) is 11.6. The minimum Gasteiger partial charge on any atom is -0.374 e. The molecule has 0 saturated carbocycles. The number of hydrogen-bond donors (Lipinski definition) is 2. The number of hydrogen-bond acceptors (Lipinski definition) is 4. The van der Waals surface area contributed by atoms with Gasteiger partial charge in [-0.1, -0.05) is 6.07 Å². The molecule has 23 heavy (non-hydrogen) atoms. The highest BCUT2D eigenvalue weighted by Gasteiger charge is 2.14. The Morgan fingerprint density at radius 3 is 2.13 bits per heavy atom. The van der Waals surface area contributed by atoms with E-state index in [1.54, 1.807) is 6.92 Å². The van der Waals surface area contributed by atoms with E-state index in [-0.39, 0.29) is 11.6 Å². The van der Waals surface area contributed by atoms with Crippen molar-refractivity contribution in [3.05, 3.63) is 63.7 Å². The zero-order valence-electron chi connectivity index (χ0n) is 13.3. The van der Waals surface area contributed by atoms with Gasteiger partial charge in [0.2, 0.25) is 5.91 Å². The first-order valence-electron chi connectivity index (χ1n) is 7.25. The van der Waals surface area contributed by atoms with Crippen molar-refractivity contribution in [2.45, 2.75) is 26.8 Å². The molecule has 2 rings (SSSR count). The Balaban J connectivity index is 2.00. The van der Waals surface area contributed by atoms with Crippen LogP contribution in [0.15, 0.2) is 42.5 Å². The fourth-order valence-corrected chi connectivity index (χ4v) is 2.29. The van der Waals surface area contributed by atoms with Crippen LogP contribution in [0.5, 0.6) is 0 Å². The zero-order valence-corrected chi connectivity index (χ0v) is 13.3. The number of carbonyl (C=O) groups is 1. The van der Waals surface area contributed by atoms with Crippen molar-refractivity contribution in [3.8, 4) is 0 Å². The lowest BCUT2D eigenvalue weighted by atomic mass is 10.1. The topological polar surface area (TPSA) is 84.3 Å². The van der Waals surface area contributed by atoms with Crippen molar-refractivity contribution in [2.24, 2.45) is 0 Å². The van der Waals surface area contributed by atoms with E-state index < -0.39 is 11.0 Å².